The predicted octanol–water partition coefficient (Wildman–Crippen LogP) is 5.54. The molecule has 3 nitrogen and oxygen atoms in total. The van der Waals surface area contributed by atoms with Crippen LogP contribution in [-0.4, -0.2) is 4.98 Å². The highest BCUT2D eigenvalue weighted by atomic mass is 35.5. The summed E-state index contributed by atoms with van der Waals surface area (Å²) in [6.07, 6.45) is 0. The molecule has 3 rings (SSSR count). The van der Waals surface area contributed by atoms with E-state index in [2.05, 4.69) is 4.98 Å². The van der Waals surface area contributed by atoms with Crippen molar-refractivity contribution in [1.29, 1.82) is 0 Å². The summed E-state index contributed by atoms with van der Waals surface area (Å²) in [7, 11) is 0. The van der Waals surface area contributed by atoms with Crippen LogP contribution in [0.2, 0.25) is 10.0 Å². The number of hydrogen-bond donors (Lipinski definition) is 0. The summed E-state index contributed by atoms with van der Waals surface area (Å²) in [5, 5.41) is 1.04. The third-order valence-corrected chi connectivity index (χ3v) is 3.70. The van der Waals surface area contributed by atoms with E-state index in [1.807, 2.05) is 37.3 Å². The summed E-state index contributed by atoms with van der Waals surface area (Å²) in [5.41, 5.74) is 1.67. The Morgan fingerprint density at radius 1 is 1.09 bits per heavy atom. The molecule has 0 saturated carbocycles. The third-order valence-electron chi connectivity index (χ3n) is 3.17. The molecule has 0 saturated heterocycles. The van der Waals surface area contributed by atoms with Crippen LogP contribution in [0.5, 0.6) is 5.75 Å². The number of aryl methyl sites for hydroxylation is 1. The van der Waals surface area contributed by atoms with Gasteiger partial charge in [0.25, 0.3) is 0 Å². The molecule has 1 heterocycles. The highest BCUT2D eigenvalue weighted by Crippen LogP contribution is 2.29. The molecule has 0 aliphatic rings. The number of oxazole rings is 1. The van der Waals surface area contributed by atoms with E-state index in [4.69, 9.17) is 32.4 Å². The van der Waals surface area contributed by atoms with Crippen LogP contribution in [0.25, 0.3) is 11.5 Å². The van der Waals surface area contributed by atoms with Gasteiger partial charge in [-0.15, -0.1) is 0 Å². The molecule has 0 spiro atoms. The predicted molar refractivity (Wildman–Crippen MR) is 87.5 cm³/mol. The van der Waals surface area contributed by atoms with Crippen LogP contribution < -0.4 is 4.74 Å². The zero-order valence-corrected chi connectivity index (χ0v) is 13.4. The third kappa shape index (κ3) is 3.26. The molecule has 0 aliphatic heterocycles. The van der Waals surface area contributed by atoms with Crippen LogP contribution in [0.15, 0.2) is 52.9 Å². The molecule has 22 heavy (non-hydrogen) atoms. The van der Waals surface area contributed by atoms with Crippen molar-refractivity contribution in [2.45, 2.75) is 13.5 Å². The lowest BCUT2D eigenvalue weighted by molar-refractivity contribution is 0.299. The van der Waals surface area contributed by atoms with Crippen LogP contribution >= 0.6 is 23.2 Å². The normalized spacial score (nSPS) is 10.7. The second-order valence-electron chi connectivity index (χ2n) is 4.75. The van der Waals surface area contributed by atoms with E-state index < -0.39 is 0 Å². The molecule has 1 aromatic heterocycles. The monoisotopic (exact) mass is 333 g/mol. The molecule has 0 fully saturated rings. The minimum Gasteiger partial charge on any atom is -0.486 e. The van der Waals surface area contributed by atoms with Gasteiger partial charge in [-0.3, -0.25) is 0 Å². The SMILES string of the molecule is Cc1oc(-c2ccccc2)nc1COc1ccc(Cl)cc1Cl. The molecule has 0 amide bonds. The number of nitrogens with zero attached hydrogens (tertiary/aromatic N) is 1. The van der Waals surface area contributed by atoms with E-state index in [9.17, 15) is 0 Å². The molecule has 0 bridgehead atoms. The standard InChI is InChI=1S/C17H13Cl2NO2/c1-11-15(10-21-16-8-7-13(18)9-14(16)19)20-17(22-11)12-5-3-2-4-6-12/h2-9H,10H2,1H3. The summed E-state index contributed by atoms with van der Waals surface area (Å²) in [6, 6.07) is 14.8. The highest BCUT2D eigenvalue weighted by molar-refractivity contribution is 6.35. The van der Waals surface area contributed by atoms with Gasteiger partial charge in [0, 0.05) is 10.6 Å². The Hall–Kier alpha value is -1.97. The maximum absolute atomic E-state index is 6.08. The molecule has 0 atom stereocenters. The number of halogens is 2. The van der Waals surface area contributed by atoms with Crippen molar-refractivity contribution >= 4 is 23.2 Å². The van der Waals surface area contributed by atoms with Gasteiger partial charge >= 0.3 is 0 Å². The molecule has 2 aromatic carbocycles. The van der Waals surface area contributed by atoms with E-state index in [-0.39, 0.29) is 6.61 Å². The summed E-state index contributed by atoms with van der Waals surface area (Å²) < 4.78 is 11.4. The van der Waals surface area contributed by atoms with Crippen LogP contribution in [0.3, 0.4) is 0 Å². The van der Waals surface area contributed by atoms with Gasteiger partial charge in [0.05, 0.1) is 5.02 Å². The molecular weight excluding hydrogens is 321 g/mol. The van der Waals surface area contributed by atoms with E-state index in [1.54, 1.807) is 18.2 Å². The minimum atomic E-state index is 0.281. The molecule has 0 radical (unpaired) electrons. The highest BCUT2D eigenvalue weighted by Gasteiger charge is 2.12. The first-order valence-electron chi connectivity index (χ1n) is 6.73. The fourth-order valence-corrected chi connectivity index (χ4v) is 2.47. The number of benzene rings is 2. The lowest BCUT2D eigenvalue weighted by Gasteiger charge is -2.06. The van der Waals surface area contributed by atoms with Crippen molar-refractivity contribution in [3.8, 4) is 17.2 Å². The van der Waals surface area contributed by atoms with E-state index in [1.165, 1.54) is 0 Å². The van der Waals surface area contributed by atoms with Gasteiger partial charge in [-0.05, 0) is 37.3 Å². The van der Waals surface area contributed by atoms with Crippen molar-refractivity contribution in [3.05, 3.63) is 70.0 Å². The average molecular weight is 334 g/mol. The number of hydrogen-bond acceptors (Lipinski definition) is 3. The van der Waals surface area contributed by atoms with Crippen molar-refractivity contribution in [1.82, 2.24) is 4.98 Å². The fourth-order valence-electron chi connectivity index (χ4n) is 2.00. The summed E-state index contributed by atoms with van der Waals surface area (Å²) >= 11 is 11.9. The maximum Gasteiger partial charge on any atom is 0.226 e. The Kier molecular flexibility index (Phi) is 4.36. The Morgan fingerprint density at radius 3 is 2.59 bits per heavy atom. The van der Waals surface area contributed by atoms with Gasteiger partial charge in [-0.25, -0.2) is 4.98 Å². The van der Waals surface area contributed by atoms with Gasteiger partial charge in [0.2, 0.25) is 5.89 Å². The van der Waals surface area contributed by atoms with Gasteiger partial charge in [0.1, 0.15) is 23.8 Å². The lowest BCUT2D eigenvalue weighted by Crippen LogP contribution is -1.98. The van der Waals surface area contributed by atoms with Crippen LogP contribution in [0.1, 0.15) is 11.5 Å². The molecular formula is C17H13Cl2NO2. The molecule has 112 valence electrons. The topological polar surface area (TPSA) is 35.3 Å². The average Bonchev–Trinajstić information content (AvgIpc) is 2.88. The number of aromatic nitrogens is 1. The Labute approximate surface area is 138 Å². The van der Waals surface area contributed by atoms with Gasteiger partial charge in [0.15, 0.2) is 0 Å². The van der Waals surface area contributed by atoms with Crippen molar-refractivity contribution in [2.24, 2.45) is 0 Å². The second-order valence-corrected chi connectivity index (χ2v) is 5.59. The molecule has 5 heteroatoms. The maximum atomic E-state index is 6.08. The fraction of sp³-hybridized carbons (Fsp3) is 0.118. The Morgan fingerprint density at radius 2 is 1.86 bits per heavy atom. The molecule has 3 aromatic rings. The zero-order chi connectivity index (χ0) is 15.5. The quantitative estimate of drug-likeness (QED) is 0.629. The number of rotatable bonds is 4. The molecule has 0 aliphatic carbocycles. The van der Waals surface area contributed by atoms with E-state index in [0.717, 1.165) is 17.0 Å². The van der Waals surface area contributed by atoms with Gasteiger partial charge < -0.3 is 9.15 Å². The molecule has 0 unspecified atom stereocenters. The Bertz CT molecular complexity index is 785. The van der Waals surface area contributed by atoms with Crippen LogP contribution in [0, 0.1) is 6.92 Å². The zero-order valence-electron chi connectivity index (χ0n) is 11.8. The lowest BCUT2D eigenvalue weighted by atomic mass is 10.2. The first-order chi connectivity index (χ1) is 10.6. The first kappa shape index (κ1) is 14.9. The summed E-state index contributed by atoms with van der Waals surface area (Å²) in [6.45, 7) is 2.14. The smallest absolute Gasteiger partial charge is 0.226 e. The molecule has 0 N–H and O–H groups in total. The van der Waals surface area contributed by atoms with E-state index in [0.29, 0.717) is 21.7 Å². The van der Waals surface area contributed by atoms with Crippen molar-refractivity contribution in [3.63, 3.8) is 0 Å². The second kappa shape index (κ2) is 6.42. The van der Waals surface area contributed by atoms with Crippen LogP contribution in [0.4, 0.5) is 0 Å². The van der Waals surface area contributed by atoms with Gasteiger partial charge in [-0.1, -0.05) is 41.4 Å². The number of ether oxygens (including phenoxy) is 1. The van der Waals surface area contributed by atoms with Crippen molar-refractivity contribution in [2.75, 3.05) is 0 Å². The van der Waals surface area contributed by atoms with Crippen molar-refractivity contribution < 1.29 is 9.15 Å². The van der Waals surface area contributed by atoms with Gasteiger partial charge in [-0.2, -0.15) is 0 Å². The summed E-state index contributed by atoms with van der Waals surface area (Å²) in [5.74, 6) is 1.87. The Balaban J connectivity index is 1.77. The first-order valence-corrected chi connectivity index (χ1v) is 7.48. The van der Waals surface area contributed by atoms with E-state index >= 15 is 0 Å². The largest absolute Gasteiger partial charge is 0.486 e. The van der Waals surface area contributed by atoms with Crippen LogP contribution in [-0.2, 0) is 6.61 Å². The minimum absolute atomic E-state index is 0.281. The summed E-state index contributed by atoms with van der Waals surface area (Å²) in [4.78, 5) is 4.48.